The van der Waals surface area contributed by atoms with Crippen molar-refractivity contribution in [1.29, 1.82) is 10.5 Å². The Morgan fingerprint density at radius 3 is 0.984 bits per heavy atom. The van der Waals surface area contributed by atoms with E-state index in [0.717, 1.165) is 48.5 Å². The van der Waals surface area contributed by atoms with E-state index in [4.69, 9.17) is 0 Å². The van der Waals surface area contributed by atoms with Crippen LogP contribution in [0.4, 0.5) is 65.9 Å². The Bertz CT molecular complexity index is 2940. The van der Waals surface area contributed by atoms with Crippen LogP contribution in [0.1, 0.15) is 38.9 Å². The number of fused-ring (bicyclic) bond motifs is 6. The van der Waals surface area contributed by atoms with Gasteiger partial charge in [0.15, 0.2) is 0 Å². The summed E-state index contributed by atoms with van der Waals surface area (Å²) in [5, 5.41) is 19.9. The lowest BCUT2D eigenvalue weighted by Crippen LogP contribution is -2.13. The molecule has 0 N–H and O–H groups in total. The monoisotopic (exact) mass is 874 g/mol. The summed E-state index contributed by atoms with van der Waals surface area (Å²) in [6.45, 7) is 0. The third-order valence-corrected chi connectivity index (χ3v) is 10.3. The van der Waals surface area contributed by atoms with Gasteiger partial charge in [0.2, 0.25) is 0 Å². The standard InChI is InChI=1S/C43H17F15N4/c44-39(45,46)22-4-8-26-27-9-5-23(40(47,48)49)15-32(27)61(31(26)14-22)35-12-20(18-59)13-36(38(35)37-21(19-60)2-1-3-30(37)43(56,57)58)62-33-16-24(41(50,51)52)6-10-28(33)29-11-7-25(17-34(29)62)42(53,54)55/h1-17H. The first-order valence-electron chi connectivity index (χ1n) is 17.5. The van der Waals surface area contributed by atoms with Gasteiger partial charge in [-0.1, -0.05) is 30.3 Å². The van der Waals surface area contributed by atoms with Crippen LogP contribution >= 0.6 is 0 Å². The van der Waals surface area contributed by atoms with Gasteiger partial charge in [-0.2, -0.15) is 76.4 Å². The largest absolute Gasteiger partial charge is 0.417 e. The Morgan fingerprint density at radius 1 is 0.371 bits per heavy atom. The second kappa shape index (κ2) is 13.7. The fourth-order valence-corrected chi connectivity index (χ4v) is 7.70. The summed E-state index contributed by atoms with van der Waals surface area (Å²) in [5.74, 6) is 0. The van der Waals surface area contributed by atoms with Gasteiger partial charge in [-0.05, 0) is 72.8 Å². The molecular formula is C43H17F15N4. The van der Waals surface area contributed by atoms with Crippen LogP contribution in [0.15, 0.2) is 103 Å². The van der Waals surface area contributed by atoms with Gasteiger partial charge in [0.1, 0.15) is 0 Å². The SMILES string of the molecule is N#Cc1cc(-n2c3cc(C(F)(F)F)ccc3c3ccc(C(F)(F)F)cc32)c(-c2c(C#N)cccc2C(F)(F)F)c(-n2c3cc(C(F)(F)F)ccc3c3ccc(C(F)(F)F)cc32)c1. The molecule has 2 heterocycles. The van der Waals surface area contributed by atoms with Gasteiger partial charge < -0.3 is 9.13 Å². The van der Waals surface area contributed by atoms with E-state index < -0.39 is 114 Å². The quantitative estimate of drug-likeness (QED) is 0.166. The molecule has 0 saturated carbocycles. The lowest BCUT2D eigenvalue weighted by Gasteiger charge is -2.24. The number of nitriles is 2. The Hall–Kier alpha value is -7.15. The molecule has 0 atom stereocenters. The molecule has 0 aliphatic carbocycles. The third-order valence-electron chi connectivity index (χ3n) is 10.3. The average molecular weight is 875 g/mol. The number of benzene rings is 6. The van der Waals surface area contributed by atoms with Crippen LogP contribution in [0.2, 0.25) is 0 Å². The minimum Gasteiger partial charge on any atom is -0.308 e. The highest BCUT2D eigenvalue weighted by atomic mass is 19.4. The van der Waals surface area contributed by atoms with Gasteiger partial charge in [0, 0.05) is 32.7 Å². The normalized spacial score (nSPS) is 13.0. The highest BCUT2D eigenvalue weighted by Gasteiger charge is 2.39. The van der Waals surface area contributed by atoms with Gasteiger partial charge >= 0.3 is 30.9 Å². The van der Waals surface area contributed by atoms with Crippen LogP contribution in [0.3, 0.4) is 0 Å². The maximum absolute atomic E-state index is 15.2. The molecule has 4 nitrogen and oxygen atoms in total. The molecule has 0 radical (unpaired) electrons. The highest BCUT2D eigenvalue weighted by Crippen LogP contribution is 2.49. The number of aromatic nitrogens is 2. The fraction of sp³-hybridized carbons (Fsp3) is 0.116. The average Bonchev–Trinajstić information content (AvgIpc) is 3.69. The van der Waals surface area contributed by atoms with Crippen molar-refractivity contribution < 1.29 is 65.9 Å². The zero-order chi connectivity index (χ0) is 45.1. The number of hydrogen-bond donors (Lipinski definition) is 0. The van der Waals surface area contributed by atoms with Crippen LogP contribution in [0.25, 0.3) is 66.1 Å². The molecule has 0 aliphatic heterocycles. The number of hydrogen-bond acceptors (Lipinski definition) is 2. The molecule has 8 rings (SSSR count). The van der Waals surface area contributed by atoms with Gasteiger partial charge in [-0.3, -0.25) is 0 Å². The van der Waals surface area contributed by atoms with Crippen LogP contribution in [0.5, 0.6) is 0 Å². The number of halogens is 15. The molecule has 0 aliphatic rings. The molecule has 0 fully saturated rings. The topological polar surface area (TPSA) is 57.4 Å². The van der Waals surface area contributed by atoms with Crippen molar-refractivity contribution in [3.05, 3.63) is 142 Å². The van der Waals surface area contributed by atoms with E-state index >= 15 is 13.2 Å². The Kier molecular flexibility index (Phi) is 9.18. The minimum atomic E-state index is -5.42. The summed E-state index contributed by atoms with van der Waals surface area (Å²) >= 11 is 0. The Labute approximate surface area is 336 Å². The van der Waals surface area contributed by atoms with E-state index in [0.29, 0.717) is 63.7 Å². The number of rotatable bonds is 3. The summed E-state index contributed by atoms with van der Waals surface area (Å²) in [7, 11) is 0. The lowest BCUT2D eigenvalue weighted by atomic mass is 9.90. The molecule has 19 heteroatoms. The van der Waals surface area contributed by atoms with Gasteiger partial charge in [-0.15, -0.1) is 0 Å². The predicted molar refractivity (Wildman–Crippen MR) is 195 cm³/mol. The second-order valence-corrected chi connectivity index (χ2v) is 13.9. The molecule has 6 aromatic carbocycles. The first kappa shape index (κ1) is 41.6. The number of nitrogens with zero attached hydrogens (tertiary/aromatic N) is 4. The van der Waals surface area contributed by atoms with Crippen molar-refractivity contribution in [2.24, 2.45) is 0 Å². The van der Waals surface area contributed by atoms with E-state index in [1.54, 1.807) is 12.1 Å². The fourth-order valence-electron chi connectivity index (χ4n) is 7.70. The zero-order valence-corrected chi connectivity index (χ0v) is 30.3. The molecular weight excluding hydrogens is 857 g/mol. The first-order chi connectivity index (χ1) is 28.8. The summed E-state index contributed by atoms with van der Waals surface area (Å²) in [6, 6.07) is 14.7. The maximum Gasteiger partial charge on any atom is 0.417 e. The Morgan fingerprint density at radius 2 is 0.710 bits per heavy atom. The van der Waals surface area contributed by atoms with Crippen molar-refractivity contribution in [1.82, 2.24) is 9.13 Å². The Balaban J connectivity index is 1.71. The van der Waals surface area contributed by atoms with Crippen molar-refractivity contribution in [2.75, 3.05) is 0 Å². The van der Waals surface area contributed by atoms with Crippen LogP contribution in [-0.2, 0) is 30.9 Å². The predicted octanol–water partition coefficient (Wildman–Crippen LogP) is 14.4. The van der Waals surface area contributed by atoms with E-state index in [1.165, 1.54) is 0 Å². The maximum atomic E-state index is 15.2. The van der Waals surface area contributed by atoms with Gasteiger partial charge in [0.25, 0.3) is 0 Å². The second-order valence-electron chi connectivity index (χ2n) is 13.9. The van der Waals surface area contributed by atoms with Gasteiger partial charge in [-0.25, -0.2) is 0 Å². The van der Waals surface area contributed by atoms with E-state index in [2.05, 4.69) is 0 Å². The van der Waals surface area contributed by atoms with Crippen LogP contribution < -0.4 is 0 Å². The summed E-state index contributed by atoms with van der Waals surface area (Å²) in [5.41, 5.74) is -14.7. The smallest absolute Gasteiger partial charge is 0.308 e. The molecule has 8 aromatic rings. The van der Waals surface area contributed by atoms with E-state index in [-0.39, 0.29) is 21.5 Å². The van der Waals surface area contributed by atoms with Crippen LogP contribution in [-0.4, -0.2) is 9.13 Å². The third kappa shape index (κ3) is 6.77. The highest BCUT2D eigenvalue weighted by molar-refractivity contribution is 6.12. The molecule has 0 bridgehead atoms. The molecule has 0 unspecified atom stereocenters. The summed E-state index contributed by atoms with van der Waals surface area (Å²) < 4.78 is 219. The van der Waals surface area contributed by atoms with E-state index in [9.17, 15) is 63.2 Å². The van der Waals surface area contributed by atoms with Gasteiger partial charge in [0.05, 0.1) is 84.5 Å². The number of alkyl halides is 15. The molecule has 0 spiro atoms. The molecule has 62 heavy (non-hydrogen) atoms. The summed E-state index contributed by atoms with van der Waals surface area (Å²) in [4.78, 5) is 0. The van der Waals surface area contributed by atoms with Crippen molar-refractivity contribution >= 4 is 43.6 Å². The summed E-state index contributed by atoms with van der Waals surface area (Å²) in [6.07, 6.45) is -25.9. The molecule has 0 saturated heterocycles. The minimum absolute atomic E-state index is 0.192. The van der Waals surface area contributed by atoms with Crippen LogP contribution in [0, 0.1) is 22.7 Å². The molecule has 314 valence electrons. The van der Waals surface area contributed by atoms with E-state index in [1.807, 2.05) is 0 Å². The first-order valence-corrected chi connectivity index (χ1v) is 17.5. The molecule has 0 amide bonds. The lowest BCUT2D eigenvalue weighted by molar-refractivity contribution is -0.138. The zero-order valence-electron chi connectivity index (χ0n) is 30.3. The van der Waals surface area contributed by atoms with Crippen molar-refractivity contribution in [3.8, 4) is 34.6 Å². The van der Waals surface area contributed by atoms with Crippen molar-refractivity contribution in [3.63, 3.8) is 0 Å². The molecule has 2 aromatic heterocycles. The van der Waals surface area contributed by atoms with Crippen molar-refractivity contribution in [2.45, 2.75) is 30.9 Å².